The highest BCUT2D eigenvalue weighted by atomic mass is 32.1. The Morgan fingerprint density at radius 1 is 0.973 bits per heavy atom. The second kappa shape index (κ2) is 11.7. The molecule has 2 amide bonds. The molecule has 192 valence electrons. The molecular formula is C28H29N3O5S. The molecule has 9 heteroatoms. The average molecular weight is 520 g/mol. The van der Waals surface area contributed by atoms with Gasteiger partial charge in [-0.15, -0.1) is 0 Å². The number of nitrogens with zero attached hydrogens (tertiary/aromatic N) is 2. The summed E-state index contributed by atoms with van der Waals surface area (Å²) < 4.78 is 16.2. The number of anilines is 2. The monoisotopic (exact) mass is 519 g/mol. The summed E-state index contributed by atoms with van der Waals surface area (Å²) in [5, 5.41) is 3.21. The molecule has 8 nitrogen and oxygen atoms in total. The molecule has 1 fully saturated rings. The molecule has 1 aliphatic rings. The standard InChI is InChI=1S/C28H29N3O5S/c1-4-36-22-13-11-20(12-14-22)29-26(32)17-23-27(33)31(21-8-6-5-7-9-21)28(37)30(23)18-19-10-15-24(34-2)25(16-19)35-3/h5-16,23H,4,17-18H2,1-3H3,(H,29,32). The van der Waals surface area contributed by atoms with Crippen LogP contribution in [-0.2, 0) is 16.1 Å². The van der Waals surface area contributed by atoms with Crippen LogP contribution in [0, 0.1) is 0 Å². The number of para-hydroxylation sites is 1. The fourth-order valence-corrected chi connectivity index (χ4v) is 4.58. The maximum atomic E-state index is 13.6. The van der Waals surface area contributed by atoms with Gasteiger partial charge < -0.3 is 24.4 Å². The number of hydrogen-bond acceptors (Lipinski definition) is 6. The van der Waals surface area contributed by atoms with E-state index in [2.05, 4.69) is 5.32 Å². The molecule has 0 spiro atoms. The van der Waals surface area contributed by atoms with Crippen molar-refractivity contribution in [3.05, 3.63) is 78.4 Å². The fraction of sp³-hybridized carbons (Fsp3) is 0.250. The van der Waals surface area contributed by atoms with E-state index in [9.17, 15) is 9.59 Å². The second-order valence-electron chi connectivity index (χ2n) is 8.33. The molecule has 1 saturated heterocycles. The molecule has 0 bridgehead atoms. The molecule has 1 aliphatic heterocycles. The number of amides is 2. The van der Waals surface area contributed by atoms with Crippen molar-refractivity contribution in [1.29, 1.82) is 0 Å². The molecule has 3 aromatic carbocycles. The lowest BCUT2D eigenvalue weighted by molar-refractivity contribution is -0.124. The van der Waals surface area contributed by atoms with E-state index in [1.165, 1.54) is 4.90 Å². The first-order chi connectivity index (χ1) is 17.9. The number of carbonyl (C=O) groups excluding carboxylic acids is 2. The first kappa shape index (κ1) is 26.0. The van der Waals surface area contributed by atoms with E-state index < -0.39 is 6.04 Å². The van der Waals surface area contributed by atoms with Crippen LogP contribution in [0.25, 0.3) is 0 Å². The van der Waals surface area contributed by atoms with Crippen LogP contribution in [0.15, 0.2) is 72.8 Å². The minimum absolute atomic E-state index is 0.0667. The van der Waals surface area contributed by atoms with Crippen LogP contribution in [0.5, 0.6) is 17.2 Å². The zero-order valence-corrected chi connectivity index (χ0v) is 21.8. The summed E-state index contributed by atoms with van der Waals surface area (Å²) in [4.78, 5) is 29.9. The quantitative estimate of drug-likeness (QED) is 0.391. The van der Waals surface area contributed by atoms with Gasteiger partial charge in [0.05, 0.1) is 32.9 Å². The van der Waals surface area contributed by atoms with Crippen LogP contribution in [-0.4, -0.2) is 48.7 Å². The van der Waals surface area contributed by atoms with Gasteiger partial charge in [0.1, 0.15) is 11.8 Å². The minimum atomic E-state index is -0.775. The summed E-state index contributed by atoms with van der Waals surface area (Å²) in [6, 6.07) is 21.1. The Kier molecular flexibility index (Phi) is 8.25. The lowest BCUT2D eigenvalue weighted by atomic mass is 10.1. The van der Waals surface area contributed by atoms with Crippen LogP contribution < -0.4 is 24.4 Å². The summed E-state index contributed by atoms with van der Waals surface area (Å²) >= 11 is 5.76. The third-order valence-electron chi connectivity index (χ3n) is 5.96. The Labute approximate surface area is 221 Å². The van der Waals surface area contributed by atoms with Crippen molar-refractivity contribution in [2.75, 3.05) is 31.0 Å². The van der Waals surface area contributed by atoms with Gasteiger partial charge in [-0.05, 0) is 73.2 Å². The number of hydrogen-bond donors (Lipinski definition) is 1. The Hall–Kier alpha value is -4.11. The maximum absolute atomic E-state index is 13.6. The predicted molar refractivity (Wildman–Crippen MR) is 146 cm³/mol. The number of methoxy groups -OCH3 is 2. The highest BCUT2D eigenvalue weighted by Gasteiger charge is 2.44. The molecule has 0 aliphatic carbocycles. The molecule has 1 heterocycles. The van der Waals surface area contributed by atoms with Crippen molar-refractivity contribution in [3.63, 3.8) is 0 Å². The van der Waals surface area contributed by atoms with Gasteiger partial charge in [-0.2, -0.15) is 0 Å². The number of rotatable bonds is 10. The third kappa shape index (κ3) is 5.83. The second-order valence-corrected chi connectivity index (χ2v) is 8.70. The van der Waals surface area contributed by atoms with Crippen LogP contribution in [0.2, 0.25) is 0 Å². The topological polar surface area (TPSA) is 80.3 Å². The Bertz CT molecular complexity index is 1270. The lowest BCUT2D eigenvalue weighted by Gasteiger charge is -2.24. The van der Waals surface area contributed by atoms with Gasteiger partial charge in [-0.3, -0.25) is 14.5 Å². The molecule has 1 N–H and O–H groups in total. The summed E-state index contributed by atoms with van der Waals surface area (Å²) in [5.74, 6) is 1.34. The molecule has 0 aromatic heterocycles. The van der Waals surface area contributed by atoms with Gasteiger partial charge in [0.15, 0.2) is 16.6 Å². The van der Waals surface area contributed by atoms with Crippen molar-refractivity contribution in [1.82, 2.24) is 4.90 Å². The first-order valence-electron chi connectivity index (χ1n) is 11.9. The normalized spacial score (nSPS) is 15.1. The number of ether oxygens (including phenoxy) is 3. The van der Waals surface area contributed by atoms with Gasteiger partial charge in [-0.25, -0.2) is 0 Å². The maximum Gasteiger partial charge on any atom is 0.256 e. The van der Waals surface area contributed by atoms with E-state index in [0.717, 1.165) is 11.3 Å². The van der Waals surface area contributed by atoms with Gasteiger partial charge in [-0.1, -0.05) is 24.3 Å². The molecular weight excluding hydrogens is 490 g/mol. The molecule has 0 saturated carbocycles. The Morgan fingerprint density at radius 2 is 1.68 bits per heavy atom. The predicted octanol–water partition coefficient (Wildman–Crippen LogP) is 4.63. The van der Waals surface area contributed by atoms with Crippen molar-refractivity contribution < 1.29 is 23.8 Å². The highest BCUT2D eigenvalue weighted by Crippen LogP contribution is 2.32. The van der Waals surface area contributed by atoms with Crippen LogP contribution in [0.3, 0.4) is 0 Å². The highest BCUT2D eigenvalue weighted by molar-refractivity contribution is 7.80. The molecule has 37 heavy (non-hydrogen) atoms. The fourth-order valence-electron chi connectivity index (χ4n) is 4.19. The summed E-state index contributed by atoms with van der Waals surface area (Å²) in [6.07, 6.45) is -0.0667. The number of thiocarbonyl (C=S) groups is 1. The Balaban J connectivity index is 1.58. The SMILES string of the molecule is CCOc1ccc(NC(=O)CC2C(=O)N(c3ccccc3)C(=S)N2Cc2ccc(OC)c(OC)c2)cc1. The summed E-state index contributed by atoms with van der Waals surface area (Å²) in [7, 11) is 3.14. The van der Waals surface area contributed by atoms with E-state index in [1.54, 1.807) is 49.5 Å². The molecule has 1 atom stereocenters. The van der Waals surface area contributed by atoms with Crippen molar-refractivity contribution >= 4 is 40.5 Å². The van der Waals surface area contributed by atoms with Crippen molar-refractivity contribution in [2.45, 2.75) is 25.9 Å². The van der Waals surface area contributed by atoms with E-state index in [1.807, 2.05) is 49.4 Å². The molecule has 1 unspecified atom stereocenters. The van der Waals surface area contributed by atoms with Crippen LogP contribution in [0.4, 0.5) is 11.4 Å². The zero-order chi connectivity index (χ0) is 26.4. The largest absolute Gasteiger partial charge is 0.494 e. The molecule has 3 aromatic rings. The summed E-state index contributed by atoms with van der Waals surface area (Å²) in [5.41, 5.74) is 2.14. The van der Waals surface area contributed by atoms with E-state index in [0.29, 0.717) is 41.1 Å². The van der Waals surface area contributed by atoms with Crippen LogP contribution in [0.1, 0.15) is 18.9 Å². The van der Waals surface area contributed by atoms with Gasteiger partial charge in [0.25, 0.3) is 5.91 Å². The smallest absolute Gasteiger partial charge is 0.256 e. The van der Waals surface area contributed by atoms with E-state index in [4.69, 9.17) is 26.4 Å². The van der Waals surface area contributed by atoms with Gasteiger partial charge in [0.2, 0.25) is 5.91 Å². The van der Waals surface area contributed by atoms with Crippen molar-refractivity contribution in [2.24, 2.45) is 0 Å². The molecule has 0 radical (unpaired) electrons. The Morgan fingerprint density at radius 3 is 2.32 bits per heavy atom. The average Bonchev–Trinajstić information content (AvgIpc) is 3.14. The summed E-state index contributed by atoms with van der Waals surface area (Å²) in [6.45, 7) is 2.78. The van der Waals surface area contributed by atoms with Crippen LogP contribution >= 0.6 is 12.2 Å². The van der Waals surface area contributed by atoms with Gasteiger partial charge >= 0.3 is 0 Å². The first-order valence-corrected chi connectivity index (χ1v) is 12.3. The molecule has 4 rings (SSSR count). The van der Waals surface area contributed by atoms with E-state index >= 15 is 0 Å². The minimum Gasteiger partial charge on any atom is -0.494 e. The van der Waals surface area contributed by atoms with E-state index in [-0.39, 0.29) is 18.2 Å². The van der Waals surface area contributed by atoms with Gasteiger partial charge in [0, 0.05) is 12.2 Å². The number of benzene rings is 3. The lowest BCUT2D eigenvalue weighted by Crippen LogP contribution is -2.37. The number of nitrogens with one attached hydrogen (secondary N) is 1. The zero-order valence-electron chi connectivity index (χ0n) is 21.0. The van der Waals surface area contributed by atoms with Crippen molar-refractivity contribution in [3.8, 4) is 17.2 Å². The number of carbonyl (C=O) groups is 2. The third-order valence-corrected chi connectivity index (χ3v) is 6.38.